The van der Waals surface area contributed by atoms with E-state index in [1.807, 2.05) is 31.2 Å². The Morgan fingerprint density at radius 3 is 2.38 bits per heavy atom. The van der Waals surface area contributed by atoms with Crippen LogP contribution < -0.4 is 10.1 Å². The zero-order chi connectivity index (χ0) is 19.1. The Labute approximate surface area is 158 Å². The van der Waals surface area contributed by atoms with Crippen molar-refractivity contribution in [2.75, 3.05) is 33.1 Å². The van der Waals surface area contributed by atoms with Crippen LogP contribution in [0.2, 0.25) is 5.02 Å². The molecule has 1 N–H and O–H groups in total. The van der Waals surface area contributed by atoms with E-state index in [9.17, 15) is 4.79 Å². The highest BCUT2D eigenvalue weighted by molar-refractivity contribution is 6.32. The van der Waals surface area contributed by atoms with Crippen molar-refractivity contribution < 1.29 is 19.0 Å². The van der Waals surface area contributed by atoms with Crippen LogP contribution in [0.15, 0.2) is 42.5 Å². The molecule has 0 bridgehead atoms. The smallest absolute Gasteiger partial charge is 0.321 e. The number of rotatable bonds is 7. The number of halogens is 1. The molecule has 0 aliphatic carbocycles. The standard InChI is InChI=1S/C19H23ClN2O4/c1-13-5-8-15(9-6-13)26-17-10-7-14(11-16(17)20)21-19(23)22(2)12-18(24-3)25-4/h5-11,18H,12H2,1-4H3,(H,21,23). The Bertz CT molecular complexity index is 733. The third-order valence-corrected chi connectivity index (χ3v) is 4.02. The van der Waals surface area contributed by atoms with Gasteiger partial charge in [0.15, 0.2) is 6.29 Å². The molecule has 2 amide bonds. The van der Waals surface area contributed by atoms with Crippen molar-refractivity contribution >= 4 is 23.3 Å². The monoisotopic (exact) mass is 378 g/mol. The normalized spacial score (nSPS) is 10.7. The van der Waals surface area contributed by atoms with Gasteiger partial charge in [0.2, 0.25) is 0 Å². The summed E-state index contributed by atoms with van der Waals surface area (Å²) in [6, 6.07) is 12.4. The highest BCUT2D eigenvalue weighted by Gasteiger charge is 2.15. The number of benzene rings is 2. The number of nitrogens with one attached hydrogen (secondary N) is 1. The van der Waals surface area contributed by atoms with E-state index in [0.29, 0.717) is 28.8 Å². The van der Waals surface area contributed by atoms with Crippen LogP contribution in [0, 0.1) is 6.92 Å². The zero-order valence-electron chi connectivity index (χ0n) is 15.3. The molecule has 0 unspecified atom stereocenters. The van der Waals surface area contributed by atoms with Gasteiger partial charge in [-0.2, -0.15) is 0 Å². The van der Waals surface area contributed by atoms with Gasteiger partial charge in [-0.15, -0.1) is 0 Å². The fourth-order valence-corrected chi connectivity index (χ4v) is 2.38. The number of nitrogens with zero attached hydrogens (tertiary/aromatic N) is 1. The van der Waals surface area contributed by atoms with Gasteiger partial charge in [0.25, 0.3) is 0 Å². The van der Waals surface area contributed by atoms with E-state index < -0.39 is 6.29 Å². The van der Waals surface area contributed by atoms with Crippen LogP contribution in [0.4, 0.5) is 10.5 Å². The van der Waals surface area contributed by atoms with E-state index in [0.717, 1.165) is 5.56 Å². The topological polar surface area (TPSA) is 60.0 Å². The number of anilines is 1. The van der Waals surface area contributed by atoms with Crippen molar-refractivity contribution in [3.05, 3.63) is 53.1 Å². The van der Waals surface area contributed by atoms with E-state index >= 15 is 0 Å². The number of urea groups is 1. The van der Waals surface area contributed by atoms with Gasteiger partial charge in [0.1, 0.15) is 11.5 Å². The van der Waals surface area contributed by atoms with Crippen molar-refractivity contribution in [2.24, 2.45) is 0 Å². The van der Waals surface area contributed by atoms with Gasteiger partial charge in [-0.3, -0.25) is 0 Å². The molecule has 0 heterocycles. The third-order valence-electron chi connectivity index (χ3n) is 3.73. The summed E-state index contributed by atoms with van der Waals surface area (Å²) < 4.78 is 15.9. The Balaban J connectivity index is 2.00. The van der Waals surface area contributed by atoms with Gasteiger partial charge in [0, 0.05) is 27.0 Å². The number of hydrogen-bond acceptors (Lipinski definition) is 4. The first-order valence-corrected chi connectivity index (χ1v) is 8.42. The Morgan fingerprint density at radius 2 is 1.81 bits per heavy atom. The van der Waals surface area contributed by atoms with E-state index in [1.54, 1.807) is 25.2 Å². The number of aryl methyl sites for hydroxylation is 1. The molecule has 0 fully saturated rings. The molecule has 26 heavy (non-hydrogen) atoms. The number of carbonyl (C=O) groups excluding carboxylic acids is 1. The number of methoxy groups -OCH3 is 2. The first-order chi connectivity index (χ1) is 12.4. The molecule has 0 saturated carbocycles. The molecule has 7 heteroatoms. The summed E-state index contributed by atoms with van der Waals surface area (Å²) >= 11 is 6.27. The number of carbonyl (C=O) groups is 1. The minimum absolute atomic E-state index is 0.293. The second-order valence-corrected chi connectivity index (χ2v) is 6.18. The predicted octanol–water partition coefficient (Wildman–Crippen LogP) is 4.52. The summed E-state index contributed by atoms with van der Waals surface area (Å²) in [5.74, 6) is 1.21. The summed E-state index contributed by atoms with van der Waals surface area (Å²) in [6.45, 7) is 2.30. The fraction of sp³-hybridized carbons (Fsp3) is 0.316. The largest absolute Gasteiger partial charge is 0.456 e. The van der Waals surface area contributed by atoms with Crippen LogP contribution >= 0.6 is 11.6 Å². The molecule has 0 saturated heterocycles. The second kappa shape index (κ2) is 9.43. The maximum absolute atomic E-state index is 12.2. The van der Waals surface area contributed by atoms with Crippen molar-refractivity contribution in [1.82, 2.24) is 4.90 Å². The average molecular weight is 379 g/mol. The third kappa shape index (κ3) is 5.62. The second-order valence-electron chi connectivity index (χ2n) is 5.77. The maximum Gasteiger partial charge on any atom is 0.321 e. The van der Waals surface area contributed by atoms with E-state index in [1.165, 1.54) is 19.1 Å². The number of ether oxygens (including phenoxy) is 3. The quantitative estimate of drug-likeness (QED) is 0.719. The van der Waals surface area contributed by atoms with Gasteiger partial charge >= 0.3 is 6.03 Å². The van der Waals surface area contributed by atoms with Crippen molar-refractivity contribution in [2.45, 2.75) is 13.2 Å². The lowest BCUT2D eigenvalue weighted by atomic mass is 10.2. The minimum Gasteiger partial charge on any atom is -0.456 e. The lowest BCUT2D eigenvalue weighted by molar-refractivity contribution is -0.108. The molecule has 6 nitrogen and oxygen atoms in total. The zero-order valence-corrected chi connectivity index (χ0v) is 16.0. The lowest BCUT2D eigenvalue weighted by Crippen LogP contribution is -2.38. The summed E-state index contributed by atoms with van der Waals surface area (Å²) in [7, 11) is 4.69. The van der Waals surface area contributed by atoms with Crippen molar-refractivity contribution in [3.8, 4) is 11.5 Å². The summed E-state index contributed by atoms with van der Waals surface area (Å²) in [6.07, 6.45) is -0.486. The van der Waals surface area contributed by atoms with Crippen LogP contribution in [-0.4, -0.2) is 45.0 Å². The maximum atomic E-state index is 12.2. The summed E-state index contributed by atoms with van der Waals surface area (Å²) in [5.41, 5.74) is 1.71. The van der Waals surface area contributed by atoms with E-state index in [-0.39, 0.29) is 6.03 Å². The van der Waals surface area contributed by atoms with Gasteiger partial charge < -0.3 is 24.4 Å². The van der Waals surface area contributed by atoms with E-state index in [2.05, 4.69) is 5.32 Å². The number of amides is 2. The summed E-state index contributed by atoms with van der Waals surface area (Å²) in [5, 5.41) is 3.17. The number of likely N-dealkylation sites (N-methyl/N-ethyl adjacent to an activating group) is 1. The summed E-state index contributed by atoms with van der Waals surface area (Å²) in [4.78, 5) is 13.7. The van der Waals surface area contributed by atoms with Gasteiger partial charge in [-0.25, -0.2) is 4.79 Å². The average Bonchev–Trinajstić information content (AvgIpc) is 2.63. The van der Waals surface area contributed by atoms with Crippen molar-refractivity contribution in [1.29, 1.82) is 0 Å². The molecular formula is C19H23ClN2O4. The fourth-order valence-electron chi connectivity index (χ4n) is 2.17. The first kappa shape index (κ1) is 20.0. The predicted molar refractivity (Wildman–Crippen MR) is 102 cm³/mol. The van der Waals surface area contributed by atoms with Gasteiger partial charge in [-0.1, -0.05) is 29.3 Å². The molecule has 0 spiro atoms. The lowest BCUT2D eigenvalue weighted by Gasteiger charge is -2.22. The van der Waals surface area contributed by atoms with E-state index in [4.69, 9.17) is 25.8 Å². The number of hydrogen-bond donors (Lipinski definition) is 1. The molecule has 0 atom stereocenters. The Kier molecular flexibility index (Phi) is 7.26. The van der Waals surface area contributed by atoms with Crippen LogP contribution in [0.3, 0.4) is 0 Å². The van der Waals surface area contributed by atoms with Gasteiger partial charge in [0.05, 0.1) is 11.6 Å². The molecular weight excluding hydrogens is 356 g/mol. The SMILES string of the molecule is COC(CN(C)C(=O)Nc1ccc(Oc2ccc(C)cc2)c(Cl)c1)OC. The first-order valence-electron chi connectivity index (χ1n) is 8.04. The van der Waals surface area contributed by atoms with Crippen LogP contribution in [-0.2, 0) is 9.47 Å². The molecule has 2 aromatic carbocycles. The van der Waals surface area contributed by atoms with Crippen LogP contribution in [0.1, 0.15) is 5.56 Å². The highest BCUT2D eigenvalue weighted by atomic mass is 35.5. The Hall–Kier alpha value is -2.28. The Morgan fingerprint density at radius 1 is 1.15 bits per heavy atom. The minimum atomic E-state index is -0.486. The van der Waals surface area contributed by atoms with Crippen LogP contribution in [0.25, 0.3) is 0 Å². The molecule has 2 rings (SSSR count). The molecule has 0 aromatic heterocycles. The molecule has 0 aliphatic rings. The van der Waals surface area contributed by atoms with Crippen LogP contribution in [0.5, 0.6) is 11.5 Å². The molecule has 0 aliphatic heterocycles. The highest BCUT2D eigenvalue weighted by Crippen LogP contribution is 2.31. The molecule has 140 valence electrons. The van der Waals surface area contributed by atoms with Gasteiger partial charge in [-0.05, 0) is 37.3 Å². The van der Waals surface area contributed by atoms with Crippen molar-refractivity contribution in [3.63, 3.8) is 0 Å². The molecule has 0 radical (unpaired) electrons. The molecule has 2 aromatic rings.